The van der Waals surface area contributed by atoms with Crippen LogP contribution in [0.25, 0.3) is 11.1 Å². The van der Waals surface area contributed by atoms with Gasteiger partial charge in [-0.2, -0.15) is 4.98 Å². The Morgan fingerprint density at radius 1 is 1.03 bits per heavy atom. The van der Waals surface area contributed by atoms with Gasteiger partial charge in [0.2, 0.25) is 5.91 Å². The van der Waals surface area contributed by atoms with Gasteiger partial charge in [0, 0.05) is 17.5 Å². The first kappa shape index (κ1) is 24.7. The summed E-state index contributed by atoms with van der Waals surface area (Å²) in [5.74, 6) is 1.50. The van der Waals surface area contributed by atoms with E-state index in [9.17, 15) is 9.59 Å². The maximum atomic E-state index is 12.9. The van der Waals surface area contributed by atoms with E-state index >= 15 is 0 Å². The zero-order valence-corrected chi connectivity index (χ0v) is 22.0. The molecule has 38 heavy (non-hydrogen) atoms. The van der Waals surface area contributed by atoms with Gasteiger partial charge in [-0.25, -0.2) is 4.98 Å². The molecule has 0 spiro atoms. The summed E-state index contributed by atoms with van der Waals surface area (Å²) in [5, 5.41) is 10.1. The van der Waals surface area contributed by atoms with Gasteiger partial charge in [0.25, 0.3) is 0 Å². The number of carbonyl (C=O) groups is 2. The van der Waals surface area contributed by atoms with E-state index in [0.29, 0.717) is 36.7 Å². The lowest BCUT2D eigenvalue weighted by Crippen LogP contribution is -2.29. The topological polar surface area (TPSA) is 119 Å². The Hall–Kier alpha value is -3.59. The number of pyridine rings is 1. The monoisotopic (exact) mass is 515 g/mol. The number of fused-ring (bicyclic) bond motifs is 2. The predicted octanol–water partition coefficient (Wildman–Crippen LogP) is 4.46. The van der Waals surface area contributed by atoms with Crippen molar-refractivity contribution in [3.8, 4) is 11.1 Å². The van der Waals surface area contributed by atoms with Gasteiger partial charge in [-0.1, -0.05) is 50.5 Å². The maximum Gasteiger partial charge on any atom is 0.315 e. The quantitative estimate of drug-likeness (QED) is 0.482. The van der Waals surface area contributed by atoms with E-state index in [-0.39, 0.29) is 35.1 Å². The Bertz CT molecular complexity index is 1370. The lowest BCUT2D eigenvalue weighted by atomic mass is 9.94. The Balaban J connectivity index is 1.18. The van der Waals surface area contributed by atoms with Crippen molar-refractivity contribution in [3.05, 3.63) is 59.4 Å². The van der Waals surface area contributed by atoms with Crippen molar-refractivity contribution in [3.63, 3.8) is 0 Å². The van der Waals surface area contributed by atoms with E-state index in [4.69, 9.17) is 9.26 Å². The maximum absolute atomic E-state index is 12.9. The fourth-order valence-electron chi connectivity index (χ4n) is 5.67. The minimum atomic E-state index is -0.351. The van der Waals surface area contributed by atoms with Crippen LogP contribution in [0.5, 0.6) is 0 Å². The van der Waals surface area contributed by atoms with Crippen molar-refractivity contribution >= 4 is 17.6 Å². The summed E-state index contributed by atoms with van der Waals surface area (Å²) in [5.41, 5.74) is 4.06. The molecule has 1 saturated heterocycles. The average molecular weight is 516 g/mol. The minimum absolute atomic E-state index is 0.00828. The number of anilines is 1. The summed E-state index contributed by atoms with van der Waals surface area (Å²) in [4.78, 5) is 34.3. The number of hydrogen-bond donors (Lipinski definition) is 2. The lowest BCUT2D eigenvalue weighted by Gasteiger charge is -2.19. The predicted molar refractivity (Wildman–Crippen MR) is 140 cm³/mol. The zero-order chi connectivity index (χ0) is 26.4. The number of ether oxygens (including phenoxy) is 1. The van der Waals surface area contributed by atoms with Crippen molar-refractivity contribution < 1.29 is 18.8 Å². The molecule has 3 aromatic rings. The van der Waals surface area contributed by atoms with Crippen molar-refractivity contribution in [1.82, 2.24) is 20.4 Å². The van der Waals surface area contributed by atoms with Gasteiger partial charge >= 0.3 is 11.8 Å². The summed E-state index contributed by atoms with van der Waals surface area (Å²) in [6, 6.07) is 10.1. The smallest absolute Gasteiger partial charge is 0.315 e. The number of nitrogens with zero attached hydrogens (tertiary/aromatic N) is 3. The summed E-state index contributed by atoms with van der Waals surface area (Å²) in [6.07, 6.45) is 5.56. The molecule has 9 nitrogen and oxygen atoms in total. The van der Waals surface area contributed by atoms with Gasteiger partial charge in [0.15, 0.2) is 5.82 Å². The largest absolute Gasteiger partial charge is 0.381 e. The second-order valence-electron chi connectivity index (χ2n) is 11.7. The number of rotatable bonds is 5. The molecule has 4 atom stereocenters. The first-order valence-electron chi connectivity index (χ1n) is 13.4. The molecule has 0 bridgehead atoms. The molecule has 3 heterocycles. The molecule has 2 amide bonds. The number of aromatic nitrogens is 3. The molecule has 2 N–H and O–H groups in total. The standard InChI is InChI=1S/C29H33N5O4/c1-29(2,3)28-33-27(38-34-28)26(36)31-22-7-5-4-6-18-12-16(8-9-19(18)22)17-10-11-30-23(13-17)32-25(35)24-20-14-37-15-21(20)24/h8-13,20-22,24H,4-7,14-15H2,1-3H3,(H,31,36)(H,30,32,35)/t20-,21+,22-,24-/m1/s1. The molecule has 1 aliphatic heterocycles. The van der Waals surface area contributed by atoms with E-state index in [2.05, 4.69) is 44.0 Å². The van der Waals surface area contributed by atoms with Gasteiger partial charge in [-0.05, 0) is 65.5 Å². The SMILES string of the molecule is CC(C)(C)c1noc(C(=O)N[C@@H]2CCCCc3cc(-c4ccnc(NC(=O)[C@@H]5[C@@H]6COC[C@@H]65)c4)ccc32)n1. The highest BCUT2D eigenvalue weighted by Crippen LogP contribution is 2.51. The zero-order valence-electron chi connectivity index (χ0n) is 22.0. The van der Waals surface area contributed by atoms with Crippen LogP contribution >= 0.6 is 0 Å². The van der Waals surface area contributed by atoms with E-state index in [1.807, 2.05) is 32.9 Å². The molecular weight excluding hydrogens is 482 g/mol. The number of aryl methyl sites for hydroxylation is 1. The van der Waals surface area contributed by atoms with Gasteiger partial charge in [-0.3, -0.25) is 9.59 Å². The molecule has 198 valence electrons. The fraction of sp³-hybridized carbons (Fsp3) is 0.483. The van der Waals surface area contributed by atoms with Crippen LogP contribution in [0.3, 0.4) is 0 Å². The van der Waals surface area contributed by atoms with E-state index < -0.39 is 0 Å². The molecule has 3 aliphatic rings. The van der Waals surface area contributed by atoms with E-state index in [1.54, 1.807) is 6.20 Å². The highest BCUT2D eigenvalue weighted by Gasteiger charge is 2.58. The molecular formula is C29H33N5O4. The molecule has 0 unspecified atom stereocenters. The first-order chi connectivity index (χ1) is 18.3. The molecule has 2 aliphatic carbocycles. The van der Waals surface area contributed by atoms with Crippen LogP contribution in [-0.4, -0.2) is 40.2 Å². The molecule has 1 saturated carbocycles. The van der Waals surface area contributed by atoms with Crippen LogP contribution in [0.4, 0.5) is 5.82 Å². The van der Waals surface area contributed by atoms with Crippen molar-refractivity contribution in [1.29, 1.82) is 0 Å². The van der Waals surface area contributed by atoms with E-state index in [1.165, 1.54) is 5.56 Å². The fourth-order valence-corrected chi connectivity index (χ4v) is 5.67. The summed E-state index contributed by atoms with van der Waals surface area (Å²) in [7, 11) is 0. The van der Waals surface area contributed by atoms with Gasteiger partial charge < -0.3 is 19.9 Å². The Morgan fingerprint density at radius 3 is 2.58 bits per heavy atom. The number of benzene rings is 1. The Labute approximate surface area is 221 Å². The highest BCUT2D eigenvalue weighted by atomic mass is 16.5. The molecule has 9 heteroatoms. The van der Waals surface area contributed by atoms with Crippen LogP contribution in [0, 0.1) is 17.8 Å². The highest BCUT2D eigenvalue weighted by molar-refractivity contribution is 5.94. The normalized spacial score (nSPS) is 24.2. The van der Waals surface area contributed by atoms with Gasteiger partial charge in [0.1, 0.15) is 5.82 Å². The van der Waals surface area contributed by atoms with Crippen LogP contribution in [0.1, 0.15) is 73.7 Å². The molecule has 1 aromatic carbocycles. The van der Waals surface area contributed by atoms with Crippen molar-refractivity contribution in [2.75, 3.05) is 18.5 Å². The molecule has 2 aromatic heterocycles. The third kappa shape index (κ3) is 4.82. The molecule has 2 fully saturated rings. The Kier molecular flexibility index (Phi) is 6.26. The number of hydrogen-bond acceptors (Lipinski definition) is 7. The second kappa shape index (κ2) is 9.62. The van der Waals surface area contributed by atoms with Gasteiger partial charge in [-0.15, -0.1) is 0 Å². The van der Waals surface area contributed by atoms with Crippen molar-refractivity contribution in [2.45, 2.75) is 57.9 Å². The number of nitrogens with one attached hydrogen (secondary N) is 2. The number of carbonyl (C=O) groups excluding carboxylic acids is 2. The molecule has 6 rings (SSSR count). The second-order valence-corrected chi connectivity index (χ2v) is 11.7. The van der Waals surface area contributed by atoms with Crippen molar-refractivity contribution in [2.24, 2.45) is 17.8 Å². The van der Waals surface area contributed by atoms with Crippen LogP contribution < -0.4 is 10.6 Å². The third-order valence-corrected chi connectivity index (χ3v) is 7.90. The van der Waals surface area contributed by atoms with E-state index in [0.717, 1.165) is 42.4 Å². The summed E-state index contributed by atoms with van der Waals surface area (Å²) in [6.45, 7) is 7.29. The van der Waals surface area contributed by atoms with Crippen LogP contribution in [0.15, 0.2) is 41.1 Å². The van der Waals surface area contributed by atoms with Crippen LogP contribution in [-0.2, 0) is 21.4 Å². The Morgan fingerprint density at radius 2 is 1.82 bits per heavy atom. The third-order valence-electron chi connectivity index (χ3n) is 7.90. The minimum Gasteiger partial charge on any atom is -0.381 e. The average Bonchev–Trinajstić information content (AvgIpc) is 3.19. The lowest BCUT2D eigenvalue weighted by molar-refractivity contribution is -0.118. The first-order valence-corrected chi connectivity index (χ1v) is 13.4. The van der Waals surface area contributed by atoms with Crippen LogP contribution in [0.2, 0.25) is 0 Å². The summed E-state index contributed by atoms with van der Waals surface area (Å²) >= 11 is 0. The molecule has 0 radical (unpaired) electrons. The van der Waals surface area contributed by atoms with Gasteiger partial charge in [0.05, 0.1) is 19.3 Å². The summed E-state index contributed by atoms with van der Waals surface area (Å²) < 4.78 is 10.7. The number of amides is 2.